The first-order valence-electron chi connectivity index (χ1n) is 10.9. The van der Waals surface area contributed by atoms with Crippen LogP contribution in [-0.4, -0.2) is 43.4 Å². The Morgan fingerprint density at radius 3 is 2.57 bits per heavy atom. The monoisotopic (exact) mass is 472 g/mol. The van der Waals surface area contributed by atoms with Crippen LogP contribution in [0.1, 0.15) is 39.6 Å². The third-order valence-electron chi connectivity index (χ3n) is 5.57. The first-order valence-corrected chi connectivity index (χ1v) is 10.9. The van der Waals surface area contributed by atoms with Crippen LogP contribution in [0.15, 0.2) is 78.1 Å². The number of hydrogen-bond donors (Lipinski definition) is 4. The van der Waals surface area contributed by atoms with Gasteiger partial charge >= 0.3 is 0 Å². The van der Waals surface area contributed by atoms with E-state index >= 15 is 0 Å². The van der Waals surface area contributed by atoms with E-state index in [-0.39, 0.29) is 24.9 Å². The van der Waals surface area contributed by atoms with Gasteiger partial charge in [-0.15, -0.1) is 5.10 Å². The maximum absolute atomic E-state index is 12.4. The molecule has 4 rings (SSSR count). The van der Waals surface area contributed by atoms with Crippen LogP contribution in [0.25, 0.3) is 10.8 Å². The number of amides is 2. The zero-order valence-electron chi connectivity index (χ0n) is 18.7. The van der Waals surface area contributed by atoms with Crippen LogP contribution in [0.5, 0.6) is 0 Å². The predicted molar refractivity (Wildman–Crippen MR) is 128 cm³/mol. The number of hydrogen-bond acceptors (Lipinski definition) is 7. The molecule has 10 nitrogen and oxygen atoms in total. The predicted octanol–water partition coefficient (Wildman–Crippen LogP) is 2.85. The minimum atomic E-state index is -0.532. The molecule has 178 valence electrons. The van der Waals surface area contributed by atoms with E-state index in [2.05, 4.69) is 26.9 Å². The molecule has 0 aliphatic heterocycles. The Bertz CT molecular complexity index is 1350. The average molecular weight is 473 g/mol. The Morgan fingerprint density at radius 2 is 1.83 bits per heavy atom. The third-order valence-corrected chi connectivity index (χ3v) is 5.57. The second kappa shape index (κ2) is 11.0. The van der Waals surface area contributed by atoms with Gasteiger partial charge in [-0.3, -0.25) is 14.8 Å². The number of oxime groups is 1. The highest BCUT2D eigenvalue weighted by atomic mass is 16.5. The van der Waals surface area contributed by atoms with Crippen molar-refractivity contribution in [3.63, 3.8) is 0 Å². The van der Waals surface area contributed by atoms with Crippen LogP contribution in [-0.2, 0) is 17.8 Å². The SMILES string of the molecule is O=C(C[C@@H](Cc1ccc2ccccc2c1)n1cc(CNC(=O)c2ccc(/C=N/O)cc2)nn1)NO. The van der Waals surface area contributed by atoms with Gasteiger partial charge in [-0.25, -0.2) is 10.2 Å². The third kappa shape index (κ3) is 6.06. The minimum Gasteiger partial charge on any atom is -0.411 e. The fourth-order valence-corrected chi connectivity index (χ4v) is 3.79. The molecular formula is C25H24N6O4. The molecular weight excluding hydrogens is 448 g/mol. The summed E-state index contributed by atoms with van der Waals surface area (Å²) in [6.45, 7) is 0.146. The second-order valence-electron chi connectivity index (χ2n) is 8.02. The number of aromatic nitrogens is 3. The Labute approximate surface area is 200 Å². The van der Waals surface area contributed by atoms with Crippen molar-refractivity contribution in [2.75, 3.05) is 0 Å². The molecule has 0 saturated heterocycles. The highest BCUT2D eigenvalue weighted by molar-refractivity contribution is 5.95. The molecule has 4 N–H and O–H groups in total. The standard InChI is InChI=1S/C25H24N6O4/c32-24(29-35)13-23(12-18-7-8-19-3-1-2-4-21(19)11-18)31-16-22(28-30-31)15-26-25(33)20-9-5-17(6-10-20)14-27-34/h1-11,14,16,23,34-35H,12-13,15H2,(H,26,33)(H,29,32)/b27-14+/t23-/m1/s1. The summed E-state index contributed by atoms with van der Waals surface area (Å²) in [5, 5.41) is 33.8. The summed E-state index contributed by atoms with van der Waals surface area (Å²) >= 11 is 0. The Balaban J connectivity index is 1.45. The molecule has 0 spiro atoms. The lowest BCUT2D eigenvalue weighted by molar-refractivity contribution is -0.130. The van der Waals surface area contributed by atoms with Crippen molar-refractivity contribution < 1.29 is 20.0 Å². The van der Waals surface area contributed by atoms with Crippen molar-refractivity contribution in [2.24, 2.45) is 5.16 Å². The lowest BCUT2D eigenvalue weighted by Gasteiger charge is -2.16. The van der Waals surface area contributed by atoms with Gasteiger partial charge < -0.3 is 10.5 Å². The maximum Gasteiger partial charge on any atom is 0.251 e. The van der Waals surface area contributed by atoms with E-state index in [1.165, 1.54) is 6.21 Å². The number of carbonyl (C=O) groups excluding carboxylic acids is 2. The smallest absolute Gasteiger partial charge is 0.251 e. The van der Waals surface area contributed by atoms with E-state index in [1.54, 1.807) is 40.6 Å². The number of nitrogens with zero attached hydrogens (tertiary/aromatic N) is 4. The van der Waals surface area contributed by atoms with Gasteiger partial charge in [0.25, 0.3) is 5.91 Å². The molecule has 2 amide bonds. The summed E-state index contributed by atoms with van der Waals surface area (Å²) in [6, 6.07) is 20.3. The fourth-order valence-electron chi connectivity index (χ4n) is 3.79. The number of fused-ring (bicyclic) bond motifs is 1. The Morgan fingerprint density at radius 1 is 1.06 bits per heavy atom. The summed E-state index contributed by atoms with van der Waals surface area (Å²) in [5.41, 5.74) is 4.32. The van der Waals surface area contributed by atoms with Crippen LogP contribution in [0.2, 0.25) is 0 Å². The summed E-state index contributed by atoms with van der Waals surface area (Å²) in [5.74, 6) is -0.824. The van der Waals surface area contributed by atoms with Gasteiger partial charge in [0.2, 0.25) is 5.91 Å². The molecule has 0 unspecified atom stereocenters. The Kier molecular flexibility index (Phi) is 7.44. The number of rotatable bonds is 9. The Hall–Kier alpha value is -4.57. The molecule has 4 aromatic rings. The number of hydroxylamine groups is 1. The van der Waals surface area contributed by atoms with Crippen molar-refractivity contribution in [1.29, 1.82) is 0 Å². The minimum absolute atomic E-state index is 0.00196. The maximum atomic E-state index is 12.4. The zero-order chi connectivity index (χ0) is 24.6. The topological polar surface area (TPSA) is 142 Å². The highest BCUT2D eigenvalue weighted by Gasteiger charge is 2.19. The van der Waals surface area contributed by atoms with Crippen LogP contribution < -0.4 is 10.8 Å². The van der Waals surface area contributed by atoms with Gasteiger partial charge in [-0.1, -0.05) is 65.0 Å². The van der Waals surface area contributed by atoms with Crippen LogP contribution >= 0.6 is 0 Å². The molecule has 35 heavy (non-hydrogen) atoms. The molecule has 0 aliphatic carbocycles. The molecule has 1 aromatic heterocycles. The second-order valence-corrected chi connectivity index (χ2v) is 8.02. The quantitative estimate of drug-likeness (QED) is 0.128. The van der Waals surface area contributed by atoms with E-state index in [9.17, 15) is 9.59 Å². The van der Waals surface area contributed by atoms with Crippen molar-refractivity contribution >= 4 is 28.8 Å². The molecule has 0 aliphatic rings. The molecule has 3 aromatic carbocycles. The summed E-state index contributed by atoms with van der Waals surface area (Å²) in [4.78, 5) is 24.4. The normalized spacial score (nSPS) is 12.0. The average Bonchev–Trinajstić information content (AvgIpc) is 3.36. The van der Waals surface area contributed by atoms with E-state index in [0.717, 1.165) is 16.3 Å². The van der Waals surface area contributed by atoms with Crippen molar-refractivity contribution in [1.82, 2.24) is 25.8 Å². The molecule has 0 saturated carbocycles. The van der Waals surface area contributed by atoms with E-state index in [0.29, 0.717) is 23.2 Å². The van der Waals surface area contributed by atoms with Crippen LogP contribution in [0.3, 0.4) is 0 Å². The molecule has 0 fully saturated rings. The summed E-state index contributed by atoms with van der Waals surface area (Å²) in [7, 11) is 0. The molecule has 10 heteroatoms. The van der Waals surface area contributed by atoms with Gasteiger partial charge in [0.1, 0.15) is 5.69 Å². The van der Waals surface area contributed by atoms with Gasteiger partial charge in [-0.2, -0.15) is 0 Å². The molecule has 1 atom stereocenters. The number of nitrogens with one attached hydrogen (secondary N) is 2. The van der Waals surface area contributed by atoms with E-state index in [4.69, 9.17) is 10.4 Å². The lowest BCUT2D eigenvalue weighted by Crippen LogP contribution is -2.25. The van der Waals surface area contributed by atoms with Gasteiger partial charge in [0, 0.05) is 5.56 Å². The van der Waals surface area contributed by atoms with Crippen molar-refractivity contribution in [2.45, 2.75) is 25.4 Å². The first kappa shape index (κ1) is 23.6. The highest BCUT2D eigenvalue weighted by Crippen LogP contribution is 2.22. The van der Waals surface area contributed by atoms with Crippen LogP contribution in [0.4, 0.5) is 0 Å². The summed E-state index contributed by atoms with van der Waals surface area (Å²) in [6.07, 6.45) is 3.45. The van der Waals surface area contributed by atoms with Crippen molar-refractivity contribution in [3.05, 3.63) is 95.3 Å². The first-order chi connectivity index (χ1) is 17.1. The number of benzene rings is 3. The summed E-state index contributed by atoms with van der Waals surface area (Å²) < 4.78 is 1.58. The number of carbonyl (C=O) groups is 2. The van der Waals surface area contributed by atoms with Crippen LogP contribution in [0, 0.1) is 0 Å². The molecule has 0 bridgehead atoms. The molecule has 1 heterocycles. The molecule has 0 radical (unpaired) electrons. The fraction of sp³-hybridized carbons (Fsp3) is 0.160. The largest absolute Gasteiger partial charge is 0.411 e. The van der Waals surface area contributed by atoms with Gasteiger partial charge in [-0.05, 0) is 40.5 Å². The van der Waals surface area contributed by atoms with E-state index < -0.39 is 5.91 Å². The zero-order valence-corrected chi connectivity index (χ0v) is 18.7. The van der Waals surface area contributed by atoms with Crippen molar-refractivity contribution in [3.8, 4) is 0 Å². The van der Waals surface area contributed by atoms with Gasteiger partial charge in [0.05, 0.1) is 31.4 Å². The van der Waals surface area contributed by atoms with E-state index in [1.807, 2.05) is 36.4 Å². The van der Waals surface area contributed by atoms with Gasteiger partial charge in [0.15, 0.2) is 0 Å². The lowest BCUT2D eigenvalue weighted by atomic mass is 10.00.